The maximum atomic E-state index is 13.7. The summed E-state index contributed by atoms with van der Waals surface area (Å²) in [7, 11) is 1.68. The van der Waals surface area contributed by atoms with Gasteiger partial charge in [-0.2, -0.15) is 0 Å². The van der Waals surface area contributed by atoms with Crippen molar-refractivity contribution in [1.82, 2.24) is 9.47 Å². The maximum absolute atomic E-state index is 13.7. The second-order valence-corrected chi connectivity index (χ2v) is 6.71. The Balaban J connectivity index is 1.96. The number of benzene rings is 1. The third-order valence-electron chi connectivity index (χ3n) is 5.24. The van der Waals surface area contributed by atoms with E-state index in [-0.39, 0.29) is 25.5 Å². The molecule has 2 aromatic rings. The number of halogens is 1. The van der Waals surface area contributed by atoms with Crippen molar-refractivity contribution in [3.05, 3.63) is 35.0 Å². The zero-order valence-corrected chi connectivity index (χ0v) is 15.0. The van der Waals surface area contributed by atoms with Gasteiger partial charge in [-0.3, -0.25) is 4.79 Å². The number of carbonyl (C=O) groups excluding carboxylic acids is 1. The van der Waals surface area contributed by atoms with E-state index in [0.717, 1.165) is 28.7 Å². The lowest BCUT2D eigenvalue weighted by Gasteiger charge is -2.22. The van der Waals surface area contributed by atoms with Crippen molar-refractivity contribution < 1.29 is 19.0 Å². The van der Waals surface area contributed by atoms with Gasteiger partial charge in [0.15, 0.2) is 0 Å². The Hall–Kier alpha value is -1.92. The third-order valence-corrected chi connectivity index (χ3v) is 5.24. The number of methoxy groups -OCH3 is 1. The molecule has 1 saturated heterocycles. The van der Waals surface area contributed by atoms with Gasteiger partial charge in [-0.15, -0.1) is 0 Å². The molecule has 1 amide bonds. The van der Waals surface area contributed by atoms with Crippen LogP contribution in [0.3, 0.4) is 0 Å². The Morgan fingerprint density at radius 2 is 2.16 bits per heavy atom. The summed E-state index contributed by atoms with van der Waals surface area (Å²) in [5.41, 5.74) is 3.87. The van der Waals surface area contributed by atoms with Gasteiger partial charge < -0.3 is 19.3 Å². The number of fused-ring (bicyclic) bond motifs is 1. The molecule has 136 valence electrons. The molecule has 1 aromatic carbocycles. The van der Waals surface area contributed by atoms with E-state index in [1.165, 1.54) is 4.90 Å². The van der Waals surface area contributed by atoms with E-state index in [0.29, 0.717) is 12.2 Å². The highest BCUT2D eigenvalue weighted by molar-refractivity contribution is 5.99. The number of ether oxygens (including phenoxy) is 1. The zero-order valence-electron chi connectivity index (χ0n) is 15.0. The molecule has 1 aliphatic rings. The van der Waals surface area contributed by atoms with Gasteiger partial charge in [0, 0.05) is 42.2 Å². The highest BCUT2D eigenvalue weighted by Crippen LogP contribution is 2.28. The highest BCUT2D eigenvalue weighted by Gasteiger charge is 2.35. The first-order chi connectivity index (χ1) is 12.0. The first-order valence-corrected chi connectivity index (χ1v) is 8.62. The van der Waals surface area contributed by atoms with Crippen molar-refractivity contribution in [1.29, 1.82) is 0 Å². The minimum atomic E-state index is -1.07. The van der Waals surface area contributed by atoms with E-state index in [1.807, 2.05) is 19.1 Å². The monoisotopic (exact) mass is 348 g/mol. The number of aryl methyl sites for hydroxylation is 1. The van der Waals surface area contributed by atoms with Crippen LogP contribution in [0.15, 0.2) is 18.2 Å². The number of aliphatic hydroxyl groups excluding tert-OH is 1. The summed E-state index contributed by atoms with van der Waals surface area (Å²) >= 11 is 0. The number of aromatic nitrogens is 1. The van der Waals surface area contributed by atoms with Gasteiger partial charge in [-0.25, -0.2) is 4.39 Å². The fourth-order valence-electron chi connectivity index (χ4n) is 3.70. The summed E-state index contributed by atoms with van der Waals surface area (Å²) in [6.07, 6.45) is -0.861. The quantitative estimate of drug-likeness (QED) is 0.903. The normalized spacial score (nSPS) is 20.6. The number of nitrogens with zero attached hydrogens (tertiary/aromatic N) is 2. The summed E-state index contributed by atoms with van der Waals surface area (Å²) in [5.74, 6) is -0.220. The maximum Gasteiger partial charge on any atom is 0.254 e. The smallest absolute Gasteiger partial charge is 0.254 e. The van der Waals surface area contributed by atoms with Crippen LogP contribution in [0.5, 0.6) is 0 Å². The lowest BCUT2D eigenvalue weighted by Crippen LogP contribution is -2.37. The molecule has 1 N–H and O–H groups in total. The van der Waals surface area contributed by atoms with Crippen LogP contribution < -0.4 is 0 Å². The van der Waals surface area contributed by atoms with E-state index in [2.05, 4.69) is 11.5 Å². The lowest BCUT2D eigenvalue weighted by atomic mass is 10.1. The number of alkyl halides is 1. The zero-order chi connectivity index (χ0) is 18.1. The number of rotatable bonds is 5. The molecular formula is C19H25FN2O3. The van der Waals surface area contributed by atoms with E-state index in [4.69, 9.17) is 4.74 Å². The average molecular weight is 348 g/mol. The molecule has 1 aromatic heterocycles. The van der Waals surface area contributed by atoms with Crippen LogP contribution in [-0.2, 0) is 11.3 Å². The number of hydrogen-bond donors (Lipinski definition) is 1. The molecule has 0 radical (unpaired) electrons. The van der Waals surface area contributed by atoms with Crippen molar-refractivity contribution in [3.63, 3.8) is 0 Å². The van der Waals surface area contributed by atoms with E-state index < -0.39 is 12.2 Å². The van der Waals surface area contributed by atoms with Gasteiger partial charge in [0.05, 0.1) is 25.8 Å². The van der Waals surface area contributed by atoms with Crippen LogP contribution in [0.1, 0.15) is 28.0 Å². The molecule has 5 nitrogen and oxygen atoms in total. The van der Waals surface area contributed by atoms with Crippen LogP contribution in [0.4, 0.5) is 4.39 Å². The highest BCUT2D eigenvalue weighted by atomic mass is 19.1. The molecule has 3 rings (SSSR count). The molecule has 6 heteroatoms. The average Bonchev–Trinajstić information content (AvgIpc) is 3.11. The Bertz CT molecular complexity index is 787. The third kappa shape index (κ3) is 3.16. The number of amides is 1. The second-order valence-electron chi connectivity index (χ2n) is 6.71. The minimum absolute atomic E-state index is 0.0506. The molecule has 25 heavy (non-hydrogen) atoms. The molecule has 0 bridgehead atoms. The number of carbonyl (C=O) groups is 1. The molecular weight excluding hydrogens is 323 g/mol. The number of likely N-dealkylation sites (tertiary alicyclic amines) is 1. The standard InChI is InChI=1S/C19H25FN2O3/c1-12-13(2)21(6-7-25-3)18-5-4-14(8-17(12)18)19(24)22-10-15(20)9-16(22)11-23/h4-5,8,15-16,23H,6-7,9-11H2,1-3H3/t15-,16-/m0/s1. The predicted octanol–water partition coefficient (Wildman–Crippen LogP) is 2.45. The Morgan fingerprint density at radius 3 is 2.84 bits per heavy atom. The SMILES string of the molecule is COCCn1c(C)c(C)c2cc(C(=O)N3C[C@@H](F)C[C@H]3CO)ccc21. The Kier molecular flexibility index (Phi) is 5.11. The fraction of sp³-hybridized carbons (Fsp3) is 0.526. The van der Waals surface area contributed by atoms with Gasteiger partial charge in [0.2, 0.25) is 0 Å². The minimum Gasteiger partial charge on any atom is -0.394 e. The molecule has 0 unspecified atom stereocenters. The van der Waals surface area contributed by atoms with Crippen molar-refractivity contribution in [3.8, 4) is 0 Å². The van der Waals surface area contributed by atoms with E-state index >= 15 is 0 Å². The Labute approximate surface area is 147 Å². The van der Waals surface area contributed by atoms with Crippen molar-refractivity contribution in [2.24, 2.45) is 0 Å². The summed E-state index contributed by atoms with van der Waals surface area (Å²) in [6, 6.07) is 5.16. The molecule has 1 fully saturated rings. The van der Waals surface area contributed by atoms with Crippen molar-refractivity contribution >= 4 is 16.8 Å². The topological polar surface area (TPSA) is 54.7 Å². The second kappa shape index (κ2) is 7.14. The van der Waals surface area contributed by atoms with Crippen molar-refractivity contribution in [2.45, 2.75) is 39.0 Å². The predicted molar refractivity (Wildman–Crippen MR) is 94.7 cm³/mol. The van der Waals surface area contributed by atoms with Gasteiger partial charge in [-0.05, 0) is 37.6 Å². The van der Waals surface area contributed by atoms with Gasteiger partial charge in [-0.1, -0.05) is 0 Å². The summed E-state index contributed by atoms with van der Waals surface area (Å²) < 4.78 is 21.0. The van der Waals surface area contributed by atoms with E-state index in [9.17, 15) is 14.3 Å². The van der Waals surface area contributed by atoms with Gasteiger partial charge >= 0.3 is 0 Å². The van der Waals surface area contributed by atoms with Gasteiger partial charge in [0.25, 0.3) is 5.91 Å². The van der Waals surface area contributed by atoms with Crippen molar-refractivity contribution in [2.75, 3.05) is 26.9 Å². The van der Waals surface area contributed by atoms with Crippen LogP contribution in [0.25, 0.3) is 10.9 Å². The first kappa shape index (κ1) is 17.9. The summed E-state index contributed by atoms with van der Waals surface area (Å²) in [6.45, 7) is 5.31. The Morgan fingerprint density at radius 1 is 1.40 bits per heavy atom. The number of hydrogen-bond acceptors (Lipinski definition) is 3. The van der Waals surface area contributed by atoms with Crippen LogP contribution >= 0.6 is 0 Å². The first-order valence-electron chi connectivity index (χ1n) is 8.62. The van der Waals surface area contributed by atoms with Crippen LogP contribution in [0.2, 0.25) is 0 Å². The molecule has 1 aliphatic heterocycles. The number of aliphatic hydroxyl groups is 1. The molecule has 2 heterocycles. The molecule has 0 saturated carbocycles. The largest absolute Gasteiger partial charge is 0.394 e. The molecule has 0 aliphatic carbocycles. The molecule has 0 spiro atoms. The van der Waals surface area contributed by atoms with Crippen LogP contribution in [0, 0.1) is 13.8 Å². The summed E-state index contributed by atoms with van der Waals surface area (Å²) in [4.78, 5) is 14.3. The van der Waals surface area contributed by atoms with Gasteiger partial charge in [0.1, 0.15) is 6.17 Å². The lowest BCUT2D eigenvalue weighted by molar-refractivity contribution is 0.0673. The van der Waals surface area contributed by atoms with E-state index in [1.54, 1.807) is 13.2 Å². The molecule has 2 atom stereocenters. The van der Waals surface area contributed by atoms with Crippen LogP contribution in [-0.4, -0.2) is 59.6 Å². The fourth-order valence-corrected chi connectivity index (χ4v) is 3.70. The summed E-state index contributed by atoms with van der Waals surface area (Å²) in [5, 5.41) is 10.4.